The van der Waals surface area contributed by atoms with Crippen LogP contribution in [0.1, 0.15) is 39.2 Å². The molecule has 0 aliphatic rings. The standard InChI is InChI=1S/C11H20N2/c1-4-11(3,5-2)13-9-10-6-7-12-8-10/h6-8,12-13H,4-5,9H2,1-3H3. The Hall–Kier alpha value is -0.760. The summed E-state index contributed by atoms with van der Waals surface area (Å²) in [6.07, 6.45) is 6.35. The van der Waals surface area contributed by atoms with E-state index in [-0.39, 0.29) is 5.54 Å². The molecule has 0 radical (unpaired) electrons. The number of aromatic nitrogens is 1. The van der Waals surface area contributed by atoms with Gasteiger partial charge in [-0.1, -0.05) is 13.8 Å². The minimum absolute atomic E-state index is 0.289. The molecule has 1 rings (SSSR count). The predicted octanol–water partition coefficient (Wildman–Crippen LogP) is 2.68. The Bertz CT molecular complexity index is 222. The summed E-state index contributed by atoms with van der Waals surface area (Å²) in [4.78, 5) is 3.06. The third-order valence-corrected chi connectivity index (χ3v) is 2.94. The Morgan fingerprint density at radius 1 is 1.38 bits per heavy atom. The van der Waals surface area contributed by atoms with Crippen LogP contribution < -0.4 is 5.32 Å². The molecule has 0 bridgehead atoms. The summed E-state index contributed by atoms with van der Waals surface area (Å²) >= 11 is 0. The molecule has 2 heteroatoms. The molecule has 0 amide bonds. The topological polar surface area (TPSA) is 27.8 Å². The third-order valence-electron chi connectivity index (χ3n) is 2.94. The zero-order valence-corrected chi connectivity index (χ0v) is 8.85. The minimum atomic E-state index is 0.289. The molecule has 0 unspecified atom stereocenters. The van der Waals surface area contributed by atoms with Gasteiger partial charge in [-0.05, 0) is 31.4 Å². The molecule has 0 saturated carbocycles. The second kappa shape index (κ2) is 4.47. The first-order valence-corrected chi connectivity index (χ1v) is 5.07. The lowest BCUT2D eigenvalue weighted by molar-refractivity contribution is 0.329. The lowest BCUT2D eigenvalue weighted by atomic mass is 9.95. The summed E-state index contributed by atoms with van der Waals surface area (Å²) in [5, 5.41) is 3.58. The summed E-state index contributed by atoms with van der Waals surface area (Å²) in [6.45, 7) is 7.70. The van der Waals surface area contributed by atoms with E-state index in [9.17, 15) is 0 Å². The van der Waals surface area contributed by atoms with Crippen molar-refractivity contribution in [3.8, 4) is 0 Å². The van der Waals surface area contributed by atoms with E-state index in [1.54, 1.807) is 0 Å². The molecule has 2 N–H and O–H groups in total. The quantitative estimate of drug-likeness (QED) is 0.716. The number of hydrogen-bond donors (Lipinski definition) is 2. The number of nitrogens with one attached hydrogen (secondary N) is 2. The zero-order chi connectivity index (χ0) is 9.73. The molecule has 2 nitrogen and oxygen atoms in total. The molecule has 74 valence electrons. The van der Waals surface area contributed by atoms with Crippen molar-refractivity contribution in [2.24, 2.45) is 0 Å². The van der Waals surface area contributed by atoms with Gasteiger partial charge in [-0.25, -0.2) is 0 Å². The lowest BCUT2D eigenvalue weighted by Gasteiger charge is -2.28. The van der Waals surface area contributed by atoms with Crippen LogP contribution in [0.15, 0.2) is 18.5 Å². The number of hydrogen-bond acceptors (Lipinski definition) is 1. The highest BCUT2D eigenvalue weighted by atomic mass is 15.0. The van der Waals surface area contributed by atoms with Crippen molar-refractivity contribution < 1.29 is 0 Å². The molecule has 0 aliphatic heterocycles. The van der Waals surface area contributed by atoms with Crippen molar-refractivity contribution in [2.45, 2.75) is 45.7 Å². The number of rotatable bonds is 5. The van der Waals surface area contributed by atoms with Gasteiger partial charge in [0.15, 0.2) is 0 Å². The molecule has 1 heterocycles. The molecule has 0 atom stereocenters. The van der Waals surface area contributed by atoms with Crippen LogP contribution in [0, 0.1) is 0 Å². The average molecular weight is 180 g/mol. The van der Waals surface area contributed by atoms with E-state index in [4.69, 9.17) is 0 Å². The van der Waals surface area contributed by atoms with E-state index >= 15 is 0 Å². The minimum Gasteiger partial charge on any atom is -0.367 e. The second-order valence-corrected chi connectivity index (χ2v) is 3.84. The number of aromatic amines is 1. The highest BCUT2D eigenvalue weighted by molar-refractivity contribution is 5.08. The van der Waals surface area contributed by atoms with Crippen molar-refractivity contribution >= 4 is 0 Å². The van der Waals surface area contributed by atoms with Crippen molar-refractivity contribution in [3.63, 3.8) is 0 Å². The summed E-state index contributed by atoms with van der Waals surface area (Å²) in [6, 6.07) is 2.11. The monoisotopic (exact) mass is 180 g/mol. The highest BCUT2D eigenvalue weighted by Crippen LogP contribution is 2.14. The van der Waals surface area contributed by atoms with Gasteiger partial charge in [-0.2, -0.15) is 0 Å². The van der Waals surface area contributed by atoms with Gasteiger partial charge in [0.2, 0.25) is 0 Å². The van der Waals surface area contributed by atoms with Crippen molar-refractivity contribution in [2.75, 3.05) is 0 Å². The van der Waals surface area contributed by atoms with Gasteiger partial charge in [0.1, 0.15) is 0 Å². The maximum absolute atomic E-state index is 3.58. The van der Waals surface area contributed by atoms with Crippen LogP contribution in [0.3, 0.4) is 0 Å². The molecular weight excluding hydrogens is 160 g/mol. The first-order chi connectivity index (χ1) is 6.20. The van der Waals surface area contributed by atoms with E-state index in [1.807, 2.05) is 12.4 Å². The van der Waals surface area contributed by atoms with Crippen LogP contribution in [0.5, 0.6) is 0 Å². The first kappa shape index (κ1) is 10.3. The van der Waals surface area contributed by atoms with Gasteiger partial charge in [0.25, 0.3) is 0 Å². The van der Waals surface area contributed by atoms with E-state index in [0.29, 0.717) is 0 Å². The van der Waals surface area contributed by atoms with E-state index in [2.05, 4.69) is 37.1 Å². The van der Waals surface area contributed by atoms with Crippen LogP contribution in [0.25, 0.3) is 0 Å². The fourth-order valence-electron chi connectivity index (χ4n) is 1.28. The van der Waals surface area contributed by atoms with Crippen LogP contribution in [0.2, 0.25) is 0 Å². The Morgan fingerprint density at radius 3 is 2.54 bits per heavy atom. The van der Waals surface area contributed by atoms with E-state index in [1.165, 1.54) is 18.4 Å². The molecule has 0 saturated heterocycles. The molecule has 1 aromatic heterocycles. The highest BCUT2D eigenvalue weighted by Gasteiger charge is 2.17. The average Bonchev–Trinajstić information content (AvgIpc) is 2.67. The fourth-order valence-corrected chi connectivity index (χ4v) is 1.28. The van der Waals surface area contributed by atoms with Gasteiger partial charge < -0.3 is 10.3 Å². The fraction of sp³-hybridized carbons (Fsp3) is 0.636. The van der Waals surface area contributed by atoms with Gasteiger partial charge >= 0.3 is 0 Å². The predicted molar refractivity (Wildman–Crippen MR) is 56.6 cm³/mol. The molecule has 13 heavy (non-hydrogen) atoms. The maximum Gasteiger partial charge on any atom is 0.0225 e. The Morgan fingerprint density at radius 2 is 2.08 bits per heavy atom. The van der Waals surface area contributed by atoms with Gasteiger partial charge in [-0.15, -0.1) is 0 Å². The summed E-state index contributed by atoms with van der Waals surface area (Å²) < 4.78 is 0. The third kappa shape index (κ3) is 2.88. The van der Waals surface area contributed by atoms with Crippen LogP contribution in [-0.4, -0.2) is 10.5 Å². The molecule has 0 fully saturated rings. The first-order valence-electron chi connectivity index (χ1n) is 5.07. The summed E-state index contributed by atoms with van der Waals surface area (Å²) in [5.74, 6) is 0. The Labute approximate surface area is 80.7 Å². The molecule has 1 aromatic rings. The maximum atomic E-state index is 3.58. The smallest absolute Gasteiger partial charge is 0.0225 e. The molecule has 0 spiro atoms. The lowest BCUT2D eigenvalue weighted by Crippen LogP contribution is -2.40. The van der Waals surface area contributed by atoms with Crippen LogP contribution in [0.4, 0.5) is 0 Å². The van der Waals surface area contributed by atoms with Crippen molar-refractivity contribution in [3.05, 3.63) is 24.0 Å². The van der Waals surface area contributed by atoms with E-state index < -0.39 is 0 Å². The number of H-pyrrole nitrogens is 1. The van der Waals surface area contributed by atoms with Crippen molar-refractivity contribution in [1.29, 1.82) is 0 Å². The summed E-state index contributed by atoms with van der Waals surface area (Å²) in [7, 11) is 0. The SMILES string of the molecule is CCC(C)(CC)NCc1cc[nH]c1. The van der Waals surface area contributed by atoms with Crippen LogP contribution in [-0.2, 0) is 6.54 Å². The zero-order valence-electron chi connectivity index (χ0n) is 8.85. The molecular formula is C11H20N2. The van der Waals surface area contributed by atoms with Gasteiger partial charge in [0.05, 0.1) is 0 Å². The largest absolute Gasteiger partial charge is 0.367 e. The van der Waals surface area contributed by atoms with Gasteiger partial charge in [0, 0.05) is 24.5 Å². The summed E-state index contributed by atoms with van der Waals surface area (Å²) in [5.41, 5.74) is 1.62. The van der Waals surface area contributed by atoms with Crippen molar-refractivity contribution in [1.82, 2.24) is 10.3 Å². The second-order valence-electron chi connectivity index (χ2n) is 3.84. The molecule has 0 aliphatic carbocycles. The Balaban J connectivity index is 2.41. The van der Waals surface area contributed by atoms with E-state index in [0.717, 1.165) is 6.54 Å². The molecule has 0 aromatic carbocycles. The van der Waals surface area contributed by atoms with Crippen LogP contribution >= 0.6 is 0 Å². The normalized spacial score (nSPS) is 11.9. The Kier molecular flexibility index (Phi) is 3.55. The van der Waals surface area contributed by atoms with Gasteiger partial charge in [-0.3, -0.25) is 0 Å².